The van der Waals surface area contributed by atoms with E-state index in [1.54, 1.807) is 18.3 Å². The average molecular weight is 446 g/mol. The Balaban J connectivity index is 1.66. The molecule has 4 nitrogen and oxygen atoms in total. The van der Waals surface area contributed by atoms with Crippen molar-refractivity contribution in [1.82, 2.24) is 9.99 Å². The summed E-state index contributed by atoms with van der Waals surface area (Å²) in [5, 5.41) is 5.53. The summed E-state index contributed by atoms with van der Waals surface area (Å²) in [5.41, 5.74) is 7.68. The van der Waals surface area contributed by atoms with Crippen molar-refractivity contribution in [2.45, 2.75) is 25.7 Å². The molecule has 0 bridgehead atoms. The summed E-state index contributed by atoms with van der Waals surface area (Å²) in [7, 11) is 0. The third kappa shape index (κ3) is 5.24. The van der Waals surface area contributed by atoms with E-state index in [0.717, 1.165) is 38.1 Å². The predicted octanol–water partition coefficient (Wildman–Crippen LogP) is 5.95. The lowest BCUT2D eigenvalue weighted by atomic mass is 10.2. The van der Waals surface area contributed by atoms with Gasteiger partial charge in [-0.15, -0.1) is 11.8 Å². The molecule has 0 radical (unpaired) electrons. The number of carbonyl (C=O) groups excluding carboxylic acids is 1. The van der Waals surface area contributed by atoms with Gasteiger partial charge in [0.25, 0.3) is 0 Å². The van der Waals surface area contributed by atoms with Gasteiger partial charge in [-0.3, -0.25) is 4.79 Å². The minimum absolute atomic E-state index is 0.166. The predicted molar refractivity (Wildman–Crippen MR) is 123 cm³/mol. The Morgan fingerprint density at radius 2 is 1.86 bits per heavy atom. The molecular formula is C22H21Cl2N3OS. The maximum atomic E-state index is 12.0. The van der Waals surface area contributed by atoms with Crippen molar-refractivity contribution in [3.8, 4) is 5.69 Å². The molecule has 0 aliphatic heterocycles. The average Bonchev–Trinajstić information content (AvgIpc) is 2.97. The largest absolute Gasteiger partial charge is 0.318 e. The molecule has 1 heterocycles. The summed E-state index contributed by atoms with van der Waals surface area (Å²) in [6, 6.07) is 15.3. The highest BCUT2D eigenvalue weighted by Crippen LogP contribution is 2.26. The van der Waals surface area contributed by atoms with E-state index >= 15 is 0 Å². The molecule has 0 saturated heterocycles. The molecule has 0 saturated carbocycles. The van der Waals surface area contributed by atoms with Gasteiger partial charge in [0, 0.05) is 37.6 Å². The van der Waals surface area contributed by atoms with Crippen molar-refractivity contribution in [2.24, 2.45) is 5.10 Å². The van der Waals surface area contributed by atoms with Crippen molar-refractivity contribution in [1.29, 1.82) is 0 Å². The minimum atomic E-state index is -0.166. The van der Waals surface area contributed by atoms with Gasteiger partial charge in [-0.05, 0) is 68.8 Å². The van der Waals surface area contributed by atoms with Crippen LogP contribution >= 0.6 is 35.0 Å². The Kier molecular flexibility index (Phi) is 7.06. The first-order valence-electron chi connectivity index (χ1n) is 9.01. The zero-order valence-corrected chi connectivity index (χ0v) is 18.7. The van der Waals surface area contributed by atoms with E-state index in [4.69, 9.17) is 23.2 Å². The third-order valence-corrected chi connectivity index (χ3v) is 6.20. The Bertz CT molecular complexity index is 1060. The summed E-state index contributed by atoms with van der Waals surface area (Å²) in [5.74, 6) is 0.111. The quantitative estimate of drug-likeness (QED) is 0.289. The normalized spacial score (nSPS) is 11.2. The number of nitrogens with zero attached hydrogens (tertiary/aromatic N) is 2. The van der Waals surface area contributed by atoms with E-state index in [9.17, 15) is 4.79 Å². The van der Waals surface area contributed by atoms with Gasteiger partial charge >= 0.3 is 0 Å². The second kappa shape index (κ2) is 9.53. The van der Waals surface area contributed by atoms with Gasteiger partial charge in [-0.25, -0.2) is 5.43 Å². The van der Waals surface area contributed by atoms with E-state index in [2.05, 4.69) is 15.1 Å². The Labute approximate surface area is 184 Å². The molecular weight excluding hydrogens is 425 g/mol. The maximum absolute atomic E-state index is 12.0. The molecule has 29 heavy (non-hydrogen) atoms. The number of hydrazone groups is 1. The number of halogens is 2. The number of aryl methyl sites for hydroxylation is 1. The molecule has 7 heteroatoms. The highest BCUT2D eigenvalue weighted by molar-refractivity contribution is 8.00. The van der Waals surface area contributed by atoms with Crippen molar-refractivity contribution >= 4 is 47.1 Å². The van der Waals surface area contributed by atoms with Crippen molar-refractivity contribution in [2.75, 3.05) is 5.75 Å². The van der Waals surface area contributed by atoms with Crippen LogP contribution in [0.5, 0.6) is 0 Å². The summed E-state index contributed by atoms with van der Waals surface area (Å²) in [6.07, 6.45) is 1.67. The summed E-state index contributed by atoms with van der Waals surface area (Å²) < 4.78 is 2.14. The fourth-order valence-electron chi connectivity index (χ4n) is 3.01. The second-order valence-electron chi connectivity index (χ2n) is 6.58. The second-order valence-corrected chi connectivity index (χ2v) is 8.47. The molecule has 0 unspecified atom stereocenters. The molecule has 3 aromatic rings. The monoisotopic (exact) mass is 445 g/mol. The lowest BCUT2D eigenvalue weighted by Gasteiger charge is -2.13. The van der Waals surface area contributed by atoms with E-state index < -0.39 is 0 Å². The lowest BCUT2D eigenvalue weighted by molar-refractivity contribution is -0.118. The first-order valence-corrected chi connectivity index (χ1v) is 10.8. The van der Waals surface area contributed by atoms with E-state index in [1.165, 1.54) is 11.8 Å². The number of aromatic nitrogens is 1. The number of hydrogen-bond donors (Lipinski definition) is 1. The van der Waals surface area contributed by atoms with Crippen molar-refractivity contribution in [3.63, 3.8) is 0 Å². The van der Waals surface area contributed by atoms with Gasteiger partial charge in [0.15, 0.2) is 0 Å². The van der Waals surface area contributed by atoms with Crippen LogP contribution in [0.2, 0.25) is 10.0 Å². The van der Waals surface area contributed by atoms with E-state index in [0.29, 0.717) is 5.02 Å². The molecule has 0 aliphatic rings. The Hall–Kier alpha value is -2.21. The number of amides is 1. The molecule has 1 aromatic heterocycles. The van der Waals surface area contributed by atoms with Gasteiger partial charge in [-0.1, -0.05) is 29.3 Å². The minimum Gasteiger partial charge on any atom is -0.318 e. The van der Waals surface area contributed by atoms with Gasteiger partial charge in [0.05, 0.1) is 12.0 Å². The zero-order valence-electron chi connectivity index (χ0n) is 16.4. The number of carbonyl (C=O) groups is 1. The summed E-state index contributed by atoms with van der Waals surface area (Å²) in [6.45, 7) is 6.06. The topological polar surface area (TPSA) is 46.4 Å². The van der Waals surface area contributed by atoms with Crippen LogP contribution in [-0.2, 0) is 4.79 Å². The first kappa shape index (κ1) is 21.5. The molecule has 150 valence electrons. The number of benzene rings is 2. The number of nitrogens with one attached hydrogen (secondary N) is 1. The van der Waals surface area contributed by atoms with Crippen LogP contribution in [0.3, 0.4) is 0 Å². The highest BCUT2D eigenvalue weighted by Gasteiger charge is 2.12. The SMILES string of the molecule is Cc1c(Cl)cccc1-n1c(C)cc(/C=N\NC(=O)CSc2ccc(Cl)cc2)c1C. The van der Waals surface area contributed by atoms with Gasteiger partial charge in [-0.2, -0.15) is 5.10 Å². The smallest absolute Gasteiger partial charge is 0.250 e. The van der Waals surface area contributed by atoms with Crippen LogP contribution in [0.25, 0.3) is 5.69 Å². The van der Waals surface area contributed by atoms with Crippen LogP contribution in [0.4, 0.5) is 0 Å². The third-order valence-electron chi connectivity index (χ3n) is 4.53. The number of thioether (sulfide) groups is 1. The molecule has 0 atom stereocenters. The zero-order chi connectivity index (χ0) is 21.0. The number of rotatable bonds is 6. The van der Waals surface area contributed by atoms with Crippen molar-refractivity contribution < 1.29 is 4.79 Å². The summed E-state index contributed by atoms with van der Waals surface area (Å²) >= 11 is 13.6. The molecule has 2 aromatic carbocycles. The molecule has 1 N–H and O–H groups in total. The van der Waals surface area contributed by atoms with E-state index in [-0.39, 0.29) is 11.7 Å². The van der Waals surface area contributed by atoms with Crippen molar-refractivity contribution in [3.05, 3.63) is 81.1 Å². The van der Waals surface area contributed by atoms with Crippen LogP contribution in [0.1, 0.15) is 22.5 Å². The molecule has 0 spiro atoms. The van der Waals surface area contributed by atoms with Crippen LogP contribution in [0, 0.1) is 20.8 Å². The van der Waals surface area contributed by atoms with Crippen LogP contribution in [0.15, 0.2) is 58.5 Å². The fourth-order valence-corrected chi connectivity index (χ4v) is 4.00. The fraction of sp³-hybridized carbons (Fsp3) is 0.182. The van der Waals surface area contributed by atoms with E-state index in [1.807, 2.05) is 57.2 Å². The first-order chi connectivity index (χ1) is 13.9. The summed E-state index contributed by atoms with van der Waals surface area (Å²) in [4.78, 5) is 13.0. The molecule has 0 aliphatic carbocycles. The molecule has 3 rings (SSSR count). The van der Waals surface area contributed by atoms with Gasteiger partial charge in [0.1, 0.15) is 0 Å². The Morgan fingerprint density at radius 3 is 2.59 bits per heavy atom. The number of hydrogen-bond acceptors (Lipinski definition) is 3. The standard InChI is InChI=1S/C22H21Cl2N3OS/c1-14-11-17(16(3)27(14)21-6-4-5-20(24)15(21)2)12-25-26-22(28)13-29-19-9-7-18(23)8-10-19/h4-12H,13H2,1-3H3,(H,26,28)/b25-12-. The van der Waals surface area contributed by atoms with Crippen LogP contribution in [-0.4, -0.2) is 22.4 Å². The highest BCUT2D eigenvalue weighted by atomic mass is 35.5. The molecule has 1 amide bonds. The van der Waals surface area contributed by atoms with Crippen LogP contribution < -0.4 is 5.43 Å². The van der Waals surface area contributed by atoms with Gasteiger partial charge in [0.2, 0.25) is 5.91 Å². The van der Waals surface area contributed by atoms with Gasteiger partial charge < -0.3 is 4.57 Å². The lowest BCUT2D eigenvalue weighted by Crippen LogP contribution is -2.19. The maximum Gasteiger partial charge on any atom is 0.250 e. The molecule has 0 fully saturated rings. The Morgan fingerprint density at radius 1 is 1.14 bits per heavy atom.